The van der Waals surface area contributed by atoms with Crippen LogP contribution in [0.25, 0.3) is 11.3 Å². The van der Waals surface area contributed by atoms with Crippen molar-refractivity contribution in [2.24, 2.45) is 11.7 Å². The zero-order valence-electron chi connectivity index (χ0n) is 15.4. The molecule has 1 unspecified atom stereocenters. The molecule has 2 heterocycles. The molecule has 0 fully saturated rings. The summed E-state index contributed by atoms with van der Waals surface area (Å²) in [5.41, 5.74) is 6.20. The molecule has 2 rings (SSSR count). The molecule has 0 spiro atoms. The third-order valence-corrected chi connectivity index (χ3v) is 3.82. The molecule has 26 heavy (non-hydrogen) atoms. The normalized spacial score (nSPS) is 14.3. The Morgan fingerprint density at radius 1 is 1.19 bits per heavy atom. The summed E-state index contributed by atoms with van der Waals surface area (Å²) in [5.74, 6) is 1.02. The Labute approximate surface area is 151 Å². The minimum atomic E-state index is -4.49. The van der Waals surface area contributed by atoms with E-state index in [1.807, 2.05) is 6.92 Å². The molecule has 2 N–H and O–H groups in total. The lowest BCUT2D eigenvalue weighted by Crippen LogP contribution is -2.43. The maximum Gasteiger partial charge on any atom is 0.433 e. The third-order valence-electron chi connectivity index (χ3n) is 3.82. The molecule has 0 radical (unpaired) electrons. The number of aryl methyl sites for hydroxylation is 1. The van der Waals surface area contributed by atoms with Gasteiger partial charge in [0.2, 0.25) is 0 Å². The van der Waals surface area contributed by atoms with Crippen molar-refractivity contribution in [1.82, 2.24) is 9.97 Å². The van der Waals surface area contributed by atoms with Crippen LogP contribution in [0.4, 0.5) is 13.2 Å². The monoisotopic (exact) mass is 367 g/mol. The number of alkyl halides is 3. The van der Waals surface area contributed by atoms with Crippen LogP contribution < -0.4 is 10.5 Å². The molecule has 0 aromatic carbocycles. The van der Waals surface area contributed by atoms with E-state index in [4.69, 9.17) is 10.5 Å². The van der Waals surface area contributed by atoms with E-state index in [9.17, 15) is 13.2 Å². The summed E-state index contributed by atoms with van der Waals surface area (Å²) in [4.78, 5) is 7.73. The number of ether oxygens (including phenoxy) is 1. The molecule has 0 aliphatic carbocycles. The van der Waals surface area contributed by atoms with E-state index >= 15 is 0 Å². The Balaban J connectivity index is 2.17. The van der Waals surface area contributed by atoms with Gasteiger partial charge in [0.1, 0.15) is 18.1 Å². The van der Waals surface area contributed by atoms with Gasteiger partial charge in [0.25, 0.3) is 0 Å². The van der Waals surface area contributed by atoms with Gasteiger partial charge in [-0.2, -0.15) is 13.2 Å². The molecule has 0 bridgehead atoms. The van der Waals surface area contributed by atoms with Gasteiger partial charge >= 0.3 is 6.18 Å². The number of nitrogens with two attached hydrogens (primary N) is 1. The smallest absolute Gasteiger partial charge is 0.433 e. The molecule has 142 valence electrons. The number of aromatic nitrogens is 2. The summed E-state index contributed by atoms with van der Waals surface area (Å²) in [6.45, 7) is 8.20. The molecule has 2 aromatic rings. The van der Waals surface area contributed by atoms with Gasteiger partial charge in [-0.15, -0.1) is 0 Å². The summed E-state index contributed by atoms with van der Waals surface area (Å²) >= 11 is 0. The Bertz CT molecular complexity index is 758. The molecular weight excluding hydrogens is 343 g/mol. The highest BCUT2D eigenvalue weighted by molar-refractivity contribution is 5.60. The fraction of sp³-hybridized carbons (Fsp3) is 0.474. The van der Waals surface area contributed by atoms with E-state index in [1.165, 1.54) is 6.07 Å². The van der Waals surface area contributed by atoms with Crippen molar-refractivity contribution in [2.45, 2.75) is 45.8 Å². The van der Waals surface area contributed by atoms with Gasteiger partial charge in [-0.25, -0.2) is 4.98 Å². The summed E-state index contributed by atoms with van der Waals surface area (Å²) in [5, 5.41) is 0. The van der Waals surface area contributed by atoms with Crippen LogP contribution in [0.15, 0.2) is 30.5 Å². The van der Waals surface area contributed by atoms with Crippen molar-refractivity contribution in [1.29, 1.82) is 0 Å². The first-order valence-electron chi connectivity index (χ1n) is 8.41. The van der Waals surface area contributed by atoms with Crippen LogP contribution in [0.5, 0.6) is 5.75 Å². The molecule has 0 aliphatic rings. The second-order valence-corrected chi connectivity index (χ2v) is 7.25. The standard InChI is InChI=1S/C19H24F3N3O/c1-12(2)10-18(4,23)11-26-16-6-5-15(25-13(16)3)14-7-8-24-17(9-14)19(20,21)22/h5-9,12H,10-11,23H2,1-4H3. The van der Waals surface area contributed by atoms with Gasteiger partial charge in [0.05, 0.1) is 11.4 Å². The topological polar surface area (TPSA) is 61.0 Å². The molecule has 7 heteroatoms. The van der Waals surface area contributed by atoms with Crippen molar-refractivity contribution in [3.05, 3.63) is 41.9 Å². The summed E-state index contributed by atoms with van der Waals surface area (Å²) in [7, 11) is 0. The van der Waals surface area contributed by atoms with Crippen molar-refractivity contribution in [3.63, 3.8) is 0 Å². The second kappa shape index (κ2) is 7.61. The zero-order chi connectivity index (χ0) is 19.5. The zero-order valence-corrected chi connectivity index (χ0v) is 15.4. The molecular formula is C19H24F3N3O. The molecule has 1 atom stereocenters. The number of rotatable bonds is 6. The first kappa shape index (κ1) is 20.2. The second-order valence-electron chi connectivity index (χ2n) is 7.25. The quantitative estimate of drug-likeness (QED) is 0.810. The van der Waals surface area contributed by atoms with Crippen molar-refractivity contribution < 1.29 is 17.9 Å². The van der Waals surface area contributed by atoms with Crippen molar-refractivity contribution in [2.75, 3.05) is 6.61 Å². The first-order chi connectivity index (χ1) is 12.0. The lowest BCUT2D eigenvalue weighted by atomic mass is 9.93. The highest BCUT2D eigenvalue weighted by Crippen LogP contribution is 2.31. The van der Waals surface area contributed by atoms with Gasteiger partial charge < -0.3 is 10.5 Å². The Hall–Kier alpha value is -2.15. The van der Waals surface area contributed by atoms with Gasteiger partial charge in [-0.05, 0) is 50.5 Å². The van der Waals surface area contributed by atoms with E-state index in [0.717, 1.165) is 18.7 Å². The summed E-state index contributed by atoms with van der Waals surface area (Å²) < 4.78 is 44.2. The van der Waals surface area contributed by atoms with Gasteiger partial charge in [0.15, 0.2) is 0 Å². The molecule has 2 aromatic heterocycles. The molecule has 0 saturated carbocycles. The Morgan fingerprint density at radius 2 is 1.88 bits per heavy atom. The van der Waals surface area contributed by atoms with E-state index in [1.54, 1.807) is 19.1 Å². The highest BCUT2D eigenvalue weighted by atomic mass is 19.4. The lowest BCUT2D eigenvalue weighted by Gasteiger charge is -2.27. The highest BCUT2D eigenvalue weighted by Gasteiger charge is 2.32. The molecule has 0 saturated heterocycles. The van der Waals surface area contributed by atoms with Crippen molar-refractivity contribution >= 4 is 0 Å². The van der Waals surface area contributed by atoms with Crippen LogP contribution in [0.3, 0.4) is 0 Å². The molecule has 4 nitrogen and oxygen atoms in total. The first-order valence-corrected chi connectivity index (χ1v) is 8.41. The predicted molar refractivity (Wildman–Crippen MR) is 94.7 cm³/mol. The number of hydrogen-bond acceptors (Lipinski definition) is 4. The lowest BCUT2D eigenvalue weighted by molar-refractivity contribution is -0.141. The average molecular weight is 367 g/mol. The van der Waals surface area contributed by atoms with Gasteiger partial charge in [0, 0.05) is 17.3 Å². The average Bonchev–Trinajstić information content (AvgIpc) is 2.52. The largest absolute Gasteiger partial charge is 0.490 e. The Morgan fingerprint density at radius 3 is 2.46 bits per heavy atom. The van der Waals surface area contributed by atoms with E-state index in [-0.39, 0.29) is 0 Å². The van der Waals surface area contributed by atoms with Crippen LogP contribution in [0.2, 0.25) is 0 Å². The predicted octanol–water partition coefficient (Wildman–Crippen LogP) is 4.61. The fourth-order valence-electron chi connectivity index (χ4n) is 2.84. The maximum atomic E-state index is 12.8. The van der Waals surface area contributed by atoms with E-state index in [2.05, 4.69) is 23.8 Å². The van der Waals surface area contributed by atoms with Crippen LogP contribution in [0, 0.1) is 12.8 Å². The van der Waals surface area contributed by atoms with Crippen LogP contribution in [-0.4, -0.2) is 22.1 Å². The number of pyridine rings is 2. The third kappa shape index (κ3) is 5.42. The summed E-state index contributed by atoms with van der Waals surface area (Å²) in [6, 6.07) is 5.82. The fourth-order valence-corrected chi connectivity index (χ4v) is 2.84. The van der Waals surface area contributed by atoms with Crippen molar-refractivity contribution in [3.8, 4) is 17.0 Å². The number of halogens is 3. The molecule has 0 amide bonds. The minimum absolute atomic E-state index is 0.334. The minimum Gasteiger partial charge on any atom is -0.490 e. The number of hydrogen-bond donors (Lipinski definition) is 1. The van der Waals surface area contributed by atoms with Crippen LogP contribution >= 0.6 is 0 Å². The van der Waals surface area contributed by atoms with E-state index < -0.39 is 17.4 Å². The summed E-state index contributed by atoms with van der Waals surface area (Å²) in [6.07, 6.45) is -2.55. The van der Waals surface area contributed by atoms with Gasteiger partial charge in [-0.1, -0.05) is 13.8 Å². The van der Waals surface area contributed by atoms with E-state index in [0.29, 0.717) is 35.2 Å². The van der Waals surface area contributed by atoms with Crippen LogP contribution in [0.1, 0.15) is 38.6 Å². The SMILES string of the molecule is Cc1nc(-c2ccnc(C(F)(F)F)c2)ccc1OCC(C)(N)CC(C)C. The van der Waals surface area contributed by atoms with Gasteiger partial charge in [-0.3, -0.25) is 4.98 Å². The van der Waals surface area contributed by atoms with Crippen LogP contribution in [-0.2, 0) is 6.18 Å². The Kier molecular flexibility index (Phi) is 5.91. The maximum absolute atomic E-state index is 12.8. The number of nitrogens with zero attached hydrogens (tertiary/aromatic N) is 2. The molecule has 0 aliphatic heterocycles.